The Morgan fingerprint density at radius 2 is 2.27 bits per heavy atom. The Labute approximate surface area is 68.2 Å². The Morgan fingerprint density at radius 1 is 1.45 bits per heavy atom. The maximum atomic E-state index is 5.52. The van der Waals surface area contributed by atoms with Gasteiger partial charge in [-0.15, -0.1) is 0 Å². The van der Waals surface area contributed by atoms with Crippen molar-refractivity contribution in [3.8, 4) is 0 Å². The number of allylic oxidation sites excluding steroid dienone is 1. The van der Waals surface area contributed by atoms with Crippen molar-refractivity contribution in [3.63, 3.8) is 0 Å². The van der Waals surface area contributed by atoms with Crippen LogP contribution in [-0.4, -0.2) is 18.3 Å². The minimum atomic E-state index is 0.0590. The summed E-state index contributed by atoms with van der Waals surface area (Å²) in [6.45, 7) is 2.90. The van der Waals surface area contributed by atoms with E-state index in [-0.39, 0.29) is 5.54 Å². The van der Waals surface area contributed by atoms with Crippen LogP contribution in [0, 0.1) is 0 Å². The van der Waals surface area contributed by atoms with E-state index in [4.69, 9.17) is 5.73 Å². The summed E-state index contributed by atoms with van der Waals surface area (Å²) in [5, 5.41) is 0. The van der Waals surface area contributed by atoms with Crippen LogP contribution in [0.3, 0.4) is 0 Å². The molecule has 1 rings (SSSR count). The molecule has 0 aromatic heterocycles. The molecule has 0 saturated heterocycles. The second kappa shape index (κ2) is 3.67. The molecule has 0 spiro atoms. The van der Waals surface area contributed by atoms with Gasteiger partial charge in [0.2, 0.25) is 0 Å². The lowest BCUT2D eigenvalue weighted by atomic mass is 9.91. The van der Waals surface area contributed by atoms with Crippen LogP contribution in [0.2, 0.25) is 0 Å². The highest BCUT2D eigenvalue weighted by Crippen LogP contribution is 2.26. The van der Waals surface area contributed by atoms with Crippen molar-refractivity contribution in [1.82, 2.24) is 0 Å². The summed E-state index contributed by atoms with van der Waals surface area (Å²) < 4.78 is 0. The Bertz CT molecular complexity index is 150. The van der Waals surface area contributed by atoms with Gasteiger partial charge in [0.25, 0.3) is 0 Å². The Hall–Kier alpha value is -0.630. The van der Waals surface area contributed by atoms with E-state index in [0.29, 0.717) is 0 Å². The van der Waals surface area contributed by atoms with E-state index in [1.165, 1.54) is 6.42 Å². The summed E-state index contributed by atoms with van der Waals surface area (Å²) in [6, 6.07) is 0. The lowest BCUT2D eigenvalue weighted by Gasteiger charge is -2.22. The lowest BCUT2D eigenvalue weighted by molar-refractivity contribution is 0.462. The summed E-state index contributed by atoms with van der Waals surface area (Å²) in [6.07, 6.45) is 9.34. The predicted octanol–water partition coefficient (Wildman–Crippen LogP) is 1.51. The van der Waals surface area contributed by atoms with Crippen molar-refractivity contribution in [1.29, 1.82) is 0 Å². The van der Waals surface area contributed by atoms with Gasteiger partial charge in [-0.3, -0.25) is 4.99 Å². The molecule has 1 unspecified atom stereocenters. The summed E-state index contributed by atoms with van der Waals surface area (Å²) in [5.74, 6) is 0. The zero-order chi connectivity index (χ0) is 8.16. The van der Waals surface area contributed by atoms with Crippen molar-refractivity contribution in [2.75, 3.05) is 6.54 Å². The quantitative estimate of drug-likeness (QED) is 0.651. The first-order valence-corrected chi connectivity index (χ1v) is 4.26. The fourth-order valence-corrected chi connectivity index (χ4v) is 1.56. The zero-order valence-electron chi connectivity index (χ0n) is 7.09. The van der Waals surface area contributed by atoms with Crippen LogP contribution < -0.4 is 5.73 Å². The summed E-state index contributed by atoms with van der Waals surface area (Å²) in [5.41, 5.74) is 5.58. The van der Waals surface area contributed by atoms with Crippen LogP contribution >= 0.6 is 0 Å². The number of aliphatic imine (C=N–C) groups is 1. The van der Waals surface area contributed by atoms with E-state index >= 15 is 0 Å². The van der Waals surface area contributed by atoms with E-state index in [2.05, 4.69) is 18.0 Å². The van der Waals surface area contributed by atoms with Gasteiger partial charge in [0.1, 0.15) is 0 Å². The molecule has 0 bridgehead atoms. The third-order valence-electron chi connectivity index (χ3n) is 2.08. The standard InChI is InChI=1S/C9H16N2/c1-2-4-9(6-7-10)5-3-8-11-9/h3,5,8H,2,4,6-7,10H2,1H3. The molecular formula is C9H16N2. The summed E-state index contributed by atoms with van der Waals surface area (Å²) in [7, 11) is 0. The molecule has 2 N–H and O–H groups in total. The Kier molecular flexibility index (Phi) is 2.83. The van der Waals surface area contributed by atoms with Crippen molar-refractivity contribution in [2.45, 2.75) is 31.7 Å². The first kappa shape index (κ1) is 8.47. The van der Waals surface area contributed by atoms with Crippen molar-refractivity contribution < 1.29 is 0 Å². The number of hydrogen-bond acceptors (Lipinski definition) is 2. The van der Waals surface area contributed by atoms with Crippen molar-refractivity contribution in [3.05, 3.63) is 12.2 Å². The summed E-state index contributed by atoms with van der Waals surface area (Å²) in [4.78, 5) is 4.43. The third-order valence-corrected chi connectivity index (χ3v) is 2.08. The minimum Gasteiger partial charge on any atom is -0.330 e. The second-order valence-corrected chi connectivity index (χ2v) is 3.03. The predicted molar refractivity (Wildman–Crippen MR) is 48.9 cm³/mol. The highest BCUT2D eigenvalue weighted by atomic mass is 14.9. The largest absolute Gasteiger partial charge is 0.330 e. The molecule has 0 fully saturated rings. The van der Waals surface area contributed by atoms with Crippen molar-refractivity contribution >= 4 is 6.21 Å². The molecule has 11 heavy (non-hydrogen) atoms. The molecule has 1 aliphatic heterocycles. The fraction of sp³-hybridized carbons (Fsp3) is 0.667. The molecule has 1 atom stereocenters. The topological polar surface area (TPSA) is 38.4 Å². The fourth-order valence-electron chi connectivity index (χ4n) is 1.56. The molecule has 0 aliphatic carbocycles. The molecule has 0 aromatic carbocycles. The van der Waals surface area contributed by atoms with Crippen LogP contribution in [0.25, 0.3) is 0 Å². The normalized spacial score (nSPS) is 28.2. The smallest absolute Gasteiger partial charge is 0.0803 e. The van der Waals surface area contributed by atoms with Gasteiger partial charge in [-0.2, -0.15) is 0 Å². The van der Waals surface area contributed by atoms with E-state index in [1.807, 2.05) is 12.3 Å². The maximum absolute atomic E-state index is 5.52. The van der Waals surface area contributed by atoms with Gasteiger partial charge in [0.05, 0.1) is 5.54 Å². The van der Waals surface area contributed by atoms with Crippen LogP contribution in [0.4, 0.5) is 0 Å². The van der Waals surface area contributed by atoms with Gasteiger partial charge in [-0.1, -0.05) is 19.4 Å². The van der Waals surface area contributed by atoms with Gasteiger partial charge >= 0.3 is 0 Å². The Morgan fingerprint density at radius 3 is 2.73 bits per heavy atom. The van der Waals surface area contributed by atoms with Gasteiger partial charge in [0, 0.05) is 6.21 Å². The first-order chi connectivity index (χ1) is 5.33. The third kappa shape index (κ3) is 1.90. The highest BCUT2D eigenvalue weighted by molar-refractivity contribution is 5.75. The molecule has 1 aliphatic rings. The number of hydrogen-bond donors (Lipinski definition) is 1. The average Bonchev–Trinajstić information content (AvgIpc) is 2.39. The molecule has 0 amide bonds. The summed E-state index contributed by atoms with van der Waals surface area (Å²) >= 11 is 0. The SMILES string of the molecule is CCCC1(CCN)C=CC=N1. The lowest BCUT2D eigenvalue weighted by Crippen LogP contribution is -2.25. The molecule has 0 radical (unpaired) electrons. The van der Waals surface area contributed by atoms with Crippen LogP contribution in [0.1, 0.15) is 26.2 Å². The van der Waals surface area contributed by atoms with Crippen molar-refractivity contribution in [2.24, 2.45) is 10.7 Å². The number of nitrogens with two attached hydrogens (primary N) is 1. The Balaban J connectivity index is 2.56. The van der Waals surface area contributed by atoms with Gasteiger partial charge in [-0.05, 0) is 25.5 Å². The number of rotatable bonds is 4. The monoisotopic (exact) mass is 152 g/mol. The van der Waals surface area contributed by atoms with Gasteiger partial charge in [-0.25, -0.2) is 0 Å². The molecular weight excluding hydrogens is 136 g/mol. The average molecular weight is 152 g/mol. The zero-order valence-corrected chi connectivity index (χ0v) is 7.09. The molecule has 0 saturated carbocycles. The van der Waals surface area contributed by atoms with Crippen LogP contribution in [0.5, 0.6) is 0 Å². The van der Waals surface area contributed by atoms with Crippen LogP contribution in [0.15, 0.2) is 17.1 Å². The highest BCUT2D eigenvalue weighted by Gasteiger charge is 2.25. The maximum Gasteiger partial charge on any atom is 0.0803 e. The molecule has 2 nitrogen and oxygen atoms in total. The molecule has 0 aromatic rings. The minimum absolute atomic E-state index is 0.0590. The van der Waals surface area contributed by atoms with E-state index < -0.39 is 0 Å². The van der Waals surface area contributed by atoms with E-state index in [0.717, 1.165) is 19.4 Å². The van der Waals surface area contributed by atoms with E-state index in [9.17, 15) is 0 Å². The molecule has 1 heterocycles. The number of nitrogens with zero attached hydrogens (tertiary/aromatic N) is 1. The van der Waals surface area contributed by atoms with Gasteiger partial charge < -0.3 is 5.73 Å². The first-order valence-electron chi connectivity index (χ1n) is 4.26. The molecule has 62 valence electrons. The molecule has 2 heteroatoms. The van der Waals surface area contributed by atoms with Gasteiger partial charge in [0.15, 0.2) is 0 Å². The van der Waals surface area contributed by atoms with E-state index in [1.54, 1.807) is 0 Å². The second-order valence-electron chi connectivity index (χ2n) is 3.03. The van der Waals surface area contributed by atoms with Crippen LogP contribution in [-0.2, 0) is 0 Å².